The van der Waals surface area contributed by atoms with Crippen LogP contribution in [0.1, 0.15) is 31.2 Å². The molecule has 27 heavy (non-hydrogen) atoms. The molecule has 1 saturated carbocycles. The molecule has 0 unspecified atom stereocenters. The summed E-state index contributed by atoms with van der Waals surface area (Å²) in [4.78, 5) is 25.1. The van der Waals surface area contributed by atoms with Gasteiger partial charge in [-0.2, -0.15) is 0 Å². The van der Waals surface area contributed by atoms with Gasteiger partial charge in [-0.15, -0.1) is 0 Å². The van der Waals surface area contributed by atoms with Gasteiger partial charge < -0.3 is 16.0 Å². The zero-order valence-corrected chi connectivity index (χ0v) is 14.7. The Labute approximate surface area is 156 Å². The van der Waals surface area contributed by atoms with E-state index in [1.165, 1.54) is 6.07 Å². The lowest BCUT2D eigenvalue weighted by Crippen LogP contribution is -2.57. The number of anilines is 1. The summed E-state index contributed by atoms with van der Waals surface area (Å²) < 4.78 is 26.4. The monoisotopic (exact) mass is 373 g/mol. The van der Waals surface area contributed by atoms with E-state index in [4.69, 9.17) is 0 Å². The van der Waals surface area contributed by atoms with Crippen molar-refractivity contribution in [1.82, 2.24) is 10.6 Å². The molecule has 1 fully saturated rings. The molecule has 0 bridgehead atoms. The molecule has 1 aliphatic carbocycles. The van der Waals surface area contributed by atoms with Crippen LogP contribution >= 0.6 is 0 Å². The standard InChI is InChI=1S/C20H21F2N3O2/c21-16-9-8-15(12-17(16)22)24-18(26)20(10-4-5-11-20)25-19(27)23-13-14-6-2-1-3-7-14/h1-3,6-9,12H,4-5,10-11,13H2,(H,24,26)(H2,23,25,27). The number of hydrogen-bond donors (Lipinski definition) is 3. The third-order valence-electron chi connectivity index (χ3n) is 4.72. The van der Waals surface area contributed by atoms with Crippen LogP contribution in [0.2, 0.25) is 0 Å². The van der Waals surface area contributed by atoms with Gasteiger partial charge in [-0.1, -0.05) is 43.2 Å². The highest BCUT2D eigenvalue weighted by Gasteiger charge is 2.42. The Morgan fingerprint density at radius 1 is 0.963 bits per heavy atom. The molecule has 142 valence electrons. The predicted molar refractivity (Wildman–Crippen MR) is 98.0 cm³/mol. The molecular formula is C20H21F2N3O2. The number of carbonyl (C=O) groups is 2. The molecule has 2 aromatic carbocycles. The first kappa shape index (κ1) is 18.8. The predicted octanol–water partition coefficient (Wildman–Crippen LogP) is 3.72. The fourth-order valence-corrected chi connectivity index (χ4v) is 3.25. The van der Waals surface area contributed by atoms with Gasteiger partial charge in [0.2, 0.25) is 5.91 Å². The van der Waals surface area contributed by atoms with Crippen molar-refractivity contribution in [1.29, 1.82) is 0 Å². The molecule has 0 atom stereocenters. The molecule has 0 saturated heterocycles. The van der Waals surface area contributed by atoms with Crippen LogP contribution in [0.15, 0.2) is 48.5 Å². The van der Waals surface area contributed by atoms with Crippen molar-refractivity contribution in [3.8, 4) is 0 Å². The second-order valence-electron chi connectivity index (χ2n) is 6.67. The van der Waals surface area contributed by atoms with Gasteiger partial charge in [0.05, 0.1) is 0 Å². The van der Waals surface area contributed by atoms with Crippen LogP contribution < -0.4 is 16.0 Å². The van der Waals surface area contributed by atoms with Crippen molar-refractivity contribution < 1.29 is 18.4 Å². The molecule has 0 aliphatic heterocycles. The zero-order valence-electron chi connectivity index (χ0n) is 14.7. The van der Waals surface area contributed by atoms with Gasteiger partial charge in [-0.05, 0) is 30.5 Å². The SMILES string of the molecule is O=C(NCc1ccccc1)NC1(C(=O)Nc2ccc(F)c(F)c2)CCCC1. The molecule has 0 heterocycles. The van der Waals surface area contributed by atoms with Crippen molar-refractivity contribution in [2.24, 2.45) is 0 Å². The average molecular weight is 373 g/mol. The summed E-state index contributed by atoms with van der Waals surface area (Å²) in [6, 6.07) is 12.1. The fourth-order valence-electron chi connectivity index (χ4n) is 3.25. The van der Waals surface area contributed by atoms with E-state index in [9.17, 15) is 18.4 Å². The topological polar surface area (TPSA) is 70.2 Å². The van der Waals surface area contributed by atoms with Crippen molar-refractivity contribution in [3.05, 3.63) is 65.7 Å². The lowest BCUT2D eigenvalue weighted by atomic mass is 9.96. The summed E-state index contributed by atoms with van der Waals surface area (Å²) in [5, 5.41) is 8.11. The second kappa shape index (κ2) is 8.16. The third kappa shape index (κ3) is 4.61. The highest BCUT2D eigenvalue weighted by molar-refractivity contribution is 6.00. The summed E-state index contributed by atoms with van der Waals surface area (Å²) in [6.45, 7) is 0.341. The molecule has 5 nitrogen and oxygen atoms in total. The van der Waals surface area contributed by atoms with Gasteiger partial charge in [-0.3, -0.25) is 4.79 Å². The van der Waals surface area contributed by atoms with Crippen LogP contribution in [0.4, 0.5) is 19.3 Å². The molecule has 7 heteroatoms. The van der Waals surface area contributed by atoms with E-state index in [1.807, 2.05) is 30.3 Å². The Morgan fingerprint density at radius 2 is 1.67 bits per heavy atom. The molecule has 3 N–H and O–H groups in total. The number of nitrogens with one attached hydrogen (secondary N) is 3. The van der Waals surface area contributed by atoms with Crippen LogP contribution in [0.3, 0.4) is 0 Å². The number of halogens is 2. The first-order valence-corrected chi connectivity index (χ1v) is 8.85. The highest BCUT2D eigenvalue weighted by atomic mass is 19.2. The average Bonchev–Trinajstić information content (AvgIpc) is 3.14. The van der Waals surface area contributed by atoms with Gasteiger partial charge in [-0.25, -0.2) is 13.6 Å². The van der Waals surface area contributed by atoms with E-state index in [-0.39, 0.29) is 5.69 Å². The Balaban J connectivity index is 1.64. The number of hydrogen-bond acceptors (Lipinski definition) is 2. The molecule has 3 amide bonds. The number of carbonyl (C=O) groups excluding carboxylic acids is 2. The fraction of sp³-hybridized carbons (Fsp3) is 0.300. The summed E-state index contributed by atoms with van der Waals surface area (Å²) in [5.74, 6) is -2.45. The Kier molecular flexibility index (Phi) is 5.69. The van der Waals surface area contributed by atoms with Crippen LogP contribution in [-0.4, -0.2) is 17.5 Å². The van der Waals surface area contributed by atoms with Gasteiger partial charge in [0.25, 0.3) is 0 Å². The highest BCUT2D eigenvalue weighted by Crippen LogP contribution is 2.31. The van der Waals surface area contributed by atoms with Crippen LogP contribution in [-0.2, 0) is 11.3 Å². The number of amides is 3. The zero-order chi connectivity index (χ0) is 19.3. The lowest BCUT2D eigenvalue weighted by Gasteiger charge is -2.29. The van der Waals surface area contributed by atoms with Gasteiger partial charge in [0.15, 0.2) is 11.6 Å². The van der Waals surface area contributed by atoms with Crippen LogP contribution in [0.25, 0.3) is 0 Å². The second-order valence-corrected chi connectivity index (χ2v) is 6.67. The molecule has 0 radical (unpaired) electrons. The largest absolute Gasteiger partial charge is 0.334 e. The minimum atomic E-state index is -1.06. The summed E-state index contributed by atoms with van der Waals surface area (Å²) in [5.41, 5.74) is 0.0297. The summed E-state index contributed by atoms with van der Waals surface area (Å²) in [7, 11) is 0. The molecule has 2 aromatic rings. The quantitative estimate of drug-likeness (QED) is 0.748. The van der Waals surface area contributed by atoms with Crippen LogP contribution in [0.5, 0.6) is 0 Å². The van der Waals surface area contributed by atoms with Crippen molar-refractivity contribution in [2.45, 2.75) is 37.8 Å². The van der Waals surface area contributed by atoms with E-state index in [1.54, 1.807) is 0 Å². The summed E-state index contributed by atoms with van der Waals surface area (Å²) in [6.07, 6.45) is 2.57. The molecule has 0 spiro atoms. The molecule has 1 aliphatic rings. The smallest absolute Gasteiger partial charge is 0.315 e. The number of urea groups is 1. The first-order valence-electron chi connectivity index (χ1n) is 8.85. The third-order valence-corrected chi connectivity index (χ3v) is 4.72. The Bertz CT molecular complexity index is 821. The minimum Gasteiger partial charge on any atom is -0.334 e. The van der Waals surface area contributed by atoms with Crippen molar-refractivity contribution in [3.63, 3.8) is 0 Å². The van der Waals surface area contributed by atoms with Crippen LogP contribution in [0, 0.1) is 11.6 Å². The Morgan fingerprint density at radius 3 is 2.33 bits per heavy atom. The van der Waals surface area contributed by atoms with Crippen molar-refractivity contribution >= 4 is 17.6 Å². The van der Waals surface area contributed by atoms with Gasteiger partial charge >= 0.3 is 6.03 Å². The Hall–Kier alpha value is -2.96. The first-order chi connectivity index (χ1) is 13.0. The summed E-state index contributed by atoms with van der Waals surface area (Å²) >= 11 is 0. The van der Waals surface area contributed by atoms with E-state index >= 15 is 0 Å². The maximum absolute atomic E-state index is 13.4. The van der Waals surface area contributed by atoms with E-state index in [2.05, 4.69) is 16.0 Å². The maximum Gasteiger partial charge on any atom is 0.315 e. The normalized spacial score (nSPS) is 15.2. The van der Waals surface area contributed by atoms with Crippen molar-refractivity contribution in [2.75, 3.05) is 5.32 Å². The number of benzene rings is 2. The number of rotatable bonds is 5. The maximum atomic E-state index is 13.4. The lowest BCUT2D eigenvalue weighted by molar-refractivity contribution is -0.121. The van der Waals surface area contributed by atoms with Gasteiger partial charge in [0, 0.05) is 18.3 Å². The molecular weight excluding hydrogens is 352 g/mol. The van der Waals surface area contributed by atoms with E-state index in [0.29, 0.717) is 19.4 Å². The van der Waals surface area contributed by atoms with Gasteiger partial charge in [0.1, 0.15) is 5.54 Å². The van der Waals surface area contributed by atoms with E-state index in [0.717, 1.165) is 30.5 Å². The minimum absolute atomic E-state index is 0.150. The molecule has 0 aromatic heterocycles. The van der Waals surface area contributed by atoms with E-state index < -0.39 is 29.1 Å². The molecule has 3 rings (SSSR count).